The van der Waals surface area contributed by atoms with Crippen LogP contribution in [-0.4, -0.2) is 20.2 Å². The Labute approximate surface area is 106 Å². The number of carbonyl (C=O) groups excluding carboxylic acids is 1. The lowest BCUT2D eigenvalue weighted by Gasteiger charge is -2.14. The lowest BCUT2D eigenvalue weighted by atomic mass is 10.1. The van der Waals surface area contributed by atoms with Gasteiger partial charge in [-0.1, -0.05) is 24.1 Å². The average Bonchev–Trinajstić information content (AvgIpc) is 2.43. The molecule has 1 aromatic rings. The van der Waals surface area contributed by atoms with Crippen molar-refractivity contribution in [2.75, 3.05) is 14.2 Å². The van der Waals surface area contributed by atoms with Crippen molar-refractivity contribution in [2.45, 2.75) is 6.10 Å². The molecule has 0 amide bonds. The molecule has 1 aromatic carbocycles. The molecule has 0 heterocycles. The van der Waals surface area contributed by atoms with Crippen LogP contribution in [0.25, 0.3) is 0 Å². The number of carbonyl (C=O) groups is 1. The minimum atomic E-state index is -0.623. The van der Waals surface area contributed by atoms with Gasteiger partial charge in [-0.05, 0) is 6.07 Å². The number of benzene rings is 1. The third-order valence-corrected chi connectivity index (χ3v) is 2.19. The number of esters is 1. The lowest BCUT2D eigenvalue weighted by Crippen LogP contribution is -2.01. The third-order valence-electron chi connectivity index (χ3n) is 2.19. The largest absolute Gasteiger partial charge is 0.496 e. The molecule has 4 nitrogen and oxygen atoms in total. The summed E-state index contributed by atoms with van der Waals surface area (Å²) in [4.78, 5) is 10.9. The molecule has 0 N–H and O–H groups in total. The van der Waals surface area contributed by atoms with Gasteiger partial charge < -0.3 is 14.2 Å². The van der Waals surface area contributed by atoms with Crippen molar-refractivity contribution in [1.29, 1.82) is 0 Å². The van der Waals surface area contributed by atoms with Crippen LogP contribution in [0, 0.1) is 12.3 Å². The number of terminal acetylenes is 1. The van der Waals surface area contributed by atoms with Crippen LogP contribution in [0.2, 0.25) is 0 Å². The van der Waals surface area contributed by atoms with Crippen LogP contribution in [0.1, 0.15) is 11.7 Å². The van der Waals surface area contributed by atoms with Gasteiger partial charge >= 0.3 is 5.97 Å². The molecule has 0 saturated carbocycles. The first-order valence-electron chi connectivity index (χ1n) is 5.22. The summed E-state index contributed by atoms with van der Waals surface area (Å²) in [5, 5.41) is 0. The fourth-order valence-electron chi connectivity index (χ4n) is 1.33. The van der Waals surface area contributed by atoms with Gasteiger partial charge in [0.05, 0.1) is 26.6 Å². The number of hydrogen-bond donors (Lipinski definition) is 0. The van der Waals surface area contributed by atoms with Gasteiger partial charge in [-0.3, -0.25) is 0 Å². The van der Waals surface area contributed by atoms with E-state index in [4.69, 9.17) is 15.9 Å². The van der Waals surface area contributed by atoms with Crippen molar-refractivity contribution in [3.63, 3.8) is 0 Å². The van der Waals surface area contributed by atoms with E-state index in [1.54, 1.807) is 19.2 Å². The topological polar surface area (TPSA) is 44.8 Å². The maximum absolute atomic E-state index is 10.9. The molecule has 0 aliphatic rings. The van der Waals surface area contributed by atoms with Crippen LogP contribution in [0.3, 0.4) is 0 Å². The fourth-order valence-corrected chi connectivity index (χ4v) is 1.33. The van der Waals surface area contributed by atoms with Gasteiger partial charge in [0.1, 0.15) is 5.75 Å². The lowest BCUT2D eigenvalue weighted by molar-refractivity contribution is -0.135. The van der Waals surface area contributed by atoms with Crippen LogP contribution in [0.5, 0.6) is 5.75 Å². The normalized spacial score (nSPS) is 11.6. The van der Waals surface area contributed by atoms with Crippen LogP contribution in [0.15, 0.2) is 36.6 Å². The summed E-state index contributed by atoms with van der Waals surface area (Å²) in [7, 11) is 2.84. The first kappa shape index (κ1) is 13.7. The van der Waals surface area contributed by atoms with Crippen LogP contribution in [0.4, 0.5) is 0 Å². The number of methoxy groups -OCH3 is 2. The predicted octanol–water partition coefficient (Wildman–Crippen LogP) is 2.07. The first-order valence-corrected chi connectivity index (χ1v) is 5.22. The fraction of sp³-hybridized carbons (Fsp3) is 0.214. The van der Waals surface area contributed by atoms with Crippen molar-refractivity contribution in [1.82, 2.24) is 0 Å². The van der Waals surface area contributed by atoms with Crippen LogP contribution < -0.4 is 4.74 Å². The monoisotopic (exact) mass is 246 g/mol. The first-order chi connectivity index (χ1) is 8.72. The zero-order valence-electron chi connectivity index (χ0n) is 10.3. The summed E-state index contributed by atoms with van der Waals surface area (Å²) in [5.74, 6) is 2.60. The summed E-state index contributed by atoms with van der Waals surface area (Å²) in [6, 6.07) is 7.25. The van der Waals surface area contributed by atoms with E-state index in [0.717, 1.165) is 11.6 Å². The molecule has 0 fully saturated rings. The van der Waals surface area contributed by atoms with E-state index in [1.807, 2.05) is 12.1 Å². The smallest absolute Gasteiger partial charge is 0.333 e. The molecule has 1 unspecified atom stereocenters. The number of hydrogen-bond acceptors (Lipinski definition) is 4. The highest BCUT2D eigenvalue weighted by Gasteiger charge is 2.13. The molecule has 1 rings (SSSR count). The highest BCUT2D eigenvalue weighted by Crippen LogP contribution is 2.26. The summed E-state index contributed by atoms with van der Waals surface area (Å²) >= 11 is 0. The van der Waals surface area contributed by atoms with Gasteiger partial charge in [0.15, 0.2) is 6.10 Å². The molecular formula is C14H14O4. The Morgan fingerprint density at radius 3 is 2.72 bits per heavy atom. The predicted molar refractivity (Wildman–Crippen MR) is 66.8 cm³/mol. The van der Waals surface area contributed by atoms with Crippen molar-refractivity contribution < 1.29 is 19.0 Å². The Morgan fingerprint density at radius 2 is 2.11 bits per heavy atom. The molecule has 94 valence electrons. The maximum atomic E-state index is 10.9. The van der Waals surface area contributed by atoms with Gasteiger partial charge in [0, 0.05) is 5.56 Å². The van der Waals surface area contributed by atoms with E-state index in [2.05, 4.69) is 10.7 Å². The van der Waals surface area contributed by atoms with E-state index in [0.29, 0.717) is 5.75 Å². The molecule has 0 spiro atoms. The summed E-state index contributed by atoms with van der Waals surface area (Å²) in [6.07, 6.45) is 7.14. The molecule has 18 heavy (non-hydrogen) atoms. The zero-order valence-corrected chi connectivity index (χ0v) is 10.3. The van der Waals surface area contributed by atoms with Gasteiger partial charge in [-0.15, -0.1) is 6.42 Å². The molecule has 0 radical (unpaired) electrons. The Bertz CT molecular complexity index is 471. The standard InChI is InChI=1S/C14H14O4/c1-4-12(18-10-9-14(15)17-3)11-7-5-6-8-13(11)16-2/h1,5-10,12H,2-3H3/b10-9+. The van der Waals surface area contributed by atoms with E-state index in [-0.39, 0.29) is 0 Å². The summed E-state index contributed by atoms with van der Waals surface area (Å²) < 4.78 is 14.9. The Kier molecular flexibility index (Phi) is 5.33. The Balaban J connectivity index is 2.81. The number of para-hydroxylation sites is 1. The molecule has 0 saturated heterocycles. The number of rotatable bonds is 5. The summed E-state index contributed by atoms with van der Waals surface area (Å²) in [5.41, 5.74) is 0.719. The molecule has 4 heteroatoms. The van der Waals surface area contributed by atoms with Crippen LogP contribution >= 0.6 is 0 Å². The average molecular weight is 246 g/mol. The van der Waals surface area contributed by atoms with E-state index in [1.165, 1.54) is 13.4 Å². The molecule has 0 bridgehead atoms. The minimum absolute atomic E-state index is 0.509. The number of ether oxygens (including phenoxy) is 3. The SMILES string of the molecule is C#CC(O/C=C/C(=O)OC)c1ccccc1OC. The van der Waals surface area contributed by atoms with E-state index in [9.17, 15) is 4.79 Å². The van der Waals surface area contributed by atoms with Gasteiger partial charge in [-0.25, -0.2) is 4.79 Å². The van der Waals surface area contributed by atoms with Crippen molar-refractivity contribution in [3.8, 4) is 18.1 Å². The van der Waals surface area contributed by atoms with E-state index < -0.39 is 12.1 Å². The second-order valence-electron chi connectivity index (χ2n) is 3.25. The molecule has 0 aromatic heterocycles. The molecule has 0 aliphatic carbocycles. The zero-order chi connectivity index (χ0) is 13.4. The highest BCUT2D eigenvalue weighted by molar-refractivity contribution is 5.81. The van der Waals surface area contributed by atoms with Crippen molar-refractivity contribution in [2.24, 2.45) is 0 Å². The second kappa shape index (κ2) is 7.02. The quantitative estimate of drug-likeness (QED) is 0.345. The van der Waals surface area contributed by atoms with Crippen molar-refractivity contribution in [3.05, 3.63) is 42.2 Å². The minimum Gasteiger partial charge on any atom is -0.496 e. The van der Waals surface area contributed by atoms with Gasteiger partial charge in [-0.2, -0.15) is 0 Å². The molecule has 1 atom stereocenters. The molecular weight excluding hydrogens is 232 g/mol. The highest BCUT2D eigenvalue weighted by atomic mass is 16.5. The Hall–Kier alpha value is -2.41. The van der Waals surface area contributed by atoms with Gasteiger partial charge in [0.2, 0.25) is 0 Å². The van der Waals surface area contributed by atoms with Crippen LogP contribution in [-0.2, 0) is 14.3 Å². The van der Waals surface area contributed by atoms with E-state index >= 15 is 0 Å². The maximum Gasteiger partial charge on any atom is 0.333 e. The summed E-state index contributed by atoms with van der Waals surface area (Å²) in [6.45, 7) is 0. The second-order valence-corrected chi connectivity index (χ2v) is 3.25. The van der Waals surface area contributed by atoms with Gasteiger partial charge in [0.25, 0.3) is 0 Å². The Morgan fingerprint density at radius 1 is 1.39 bits per heavy atom. The third kappa shape index (κ3) is 3.56. The van der Waals surface area contributed by atoms with Crippen molar-refractivity contribution >= 4 is 5.97 Å². The molecule has 0 aliphatic heterocycles.